The maximum atomic E-state index is 11.1. The smallest absolute Gasteiger partial charge is 0.246 e. The molecule has 2 atom stereocenters. The molecule has 0 radical (unpaired) electrons. The first-order valence-electron chi connectivity index (χ1n) is 5.20. The van der Waals surface area contributed by atoms with E-state index in [2.05, 4.69) is 17.6 Å². The summed E-state index contributed by atoms with van der Waals surface area (Å²) in [4.78, 5) is 11.1. The fraction of sp³-hybridized carbons (Fsp3) is 0.800. The van der Waals surface area contributed by atoms with Gasteiger partial charge in [0.25, 0.3) is 0 Å². The van der Waals surface area contributed by atoms with Crippen molar-refractivity contribution in [3.63, 3.8) is 0 Å². The summed E-state index contributed by atoms with van der Waals surface area (Å²) < 4.78 is 5.47. The van der Waals surface area contributed by atoms with Crippen LogP contribution in [-0.4, -0.2) is 38.3 Å². The number of amides is 1. The van der Waals surface area contributed by atoms with Gasteiger partial charge in [0.1, 0.15) is 13.2 Å². The lowest BCUT2D eigenvalue weighted by atomic mass is 9.97. The van der Waals surface area contributed by atoms with Crippen molar-refractivity contribution in [1.29, 1.82) is 5.26 Å². The van der Waals surface area contributed by atoms with E-state index in [0.29, 0.717) is 5.92 Å². The van der Waals surface area contributed by atoms with E-state index in [1.54, 1.807) is 0 Å². The summed E-state index contributed by atoms with van der Waals surface area (Å²) in [7, 11) is 0. The second kappa shape index (κ2) is 6.38. The van der Waals surface area contributed by atoms with E-state index in [1.165, 1.54) is 0 Å². The molecule has 0 aromatic rings. The number of nitrogens with one attached hydrogen (secondary N) is 2. The maximum absolute atomic E-state index is 11.1. The molecule has 1 amide bonds. The van der Waals surface area contributed by atoms with E-state index >= 15 is 0 Å². The van der Waals surface area contributed by atoms with Crippen LogP contribution in [0.1, 0.15) is 13.3 Å². The number of rotatable bonds is 4. The lowest BCUT2D eigenvalue weighted by Gasteiger charge is -2.29. The number of nitriles is 1. The van der Waals surface area contributed by atoms with Crippen LogP contribution in [0.3, 0.4) is 0 Å². The summed E-state index contributed by atoms with van der Waals surface area (Å²) in [6.07, 6.45) is 1.18. The van der Waals surface area contributed by atoms with Crippen molar-refractivity contribution >= 4 is 5.91 Å². The van der Waals surface area contributed by atoms with E-state index < -0.39 is 0 Å². The molecule has 1 fully saturated rings. The minimum Gasteiger partial charge on any atom is -0.367 e. The van der Waals surface area contributed by atoms with Crippen LogP contribution in [0.4, 0.5) is 0 Å². The largest absolute Gasteiger partial charge is 0.367 e. The zero-order valence-corrected chi connectivity index (χ0v) is 8.95. The van der Waals surface area contributed by atoms with E-state index in [1.807, 2.05) is 6.07 Å². The van der Waals surface area contributed by atoms with Crippen LogP contribution in [0, 0.1) is 17.2 Å². The average molecular weight is 211 g/mol. The van der Waals surface area contributed by atoms with Gasteiger partial charge < -0.3 is 15.4 Å². The number of hydrogen-bond donors (Lipinski definition) is 2. The molecule has 2 unspecified atom stereocenters. The average Bonchev–Trinajstić information content (AvgIpc) is 2.25. The maximum Gasteiger partial charge on any atom is 0.246 e. The topological polar surface area (TPSA) is 74.2 Å². The van der Waals surface area contributed by atoms with Crippen LogP contribution >= 0.6 is 0 Å². The molecule has 1 aliphatic heterocycles. The number of hydrogen-bond acceptors (Lipinski definition) is 4. The SMILES string of the molecule is CC1CCNCC1OCC(=O)NCC#N. The molecule has 15 heavy (non-hydrogen) atoms. The number of ether oxygens (including phenoxy) is 1. The van der Waals surface area contributed by atoms with Gasteiger partial charge >= 0.3 is 0 Å². The van der Waals surface area contributed by atoms with E-state index in [4.69, 9.17) is 10.00 Å². The van der Waals surface area contributed by atoms with Gasteiger partial charge in [-0.05, 0) is 18.9 Å². The molecule has 0 aromatic heterocycles. The van der Waals surface area contributed by atoms with Gasteiger partial charge in [-0.3, -0.25) is 4.79 Å². The van der Waals surface area contributed by atoms with Crippen LogP contribution < -0.4 is 10.6 Å². The third kappa shape index (κ3) is 4.28. The summed E-state index contributed by atoms with van der Waals surface area (Å²) in [6.45, 7) is 4.02. The number of carbonyl (C=O) groups is 1. The van der Waals surface area contributed by atoms with Gasteiger partial charge in [-0.15, -0.1) is 0 Å². The summed E-state index contributed by atoms with van der Waals surface area (Å²) in [5, 5.41) is 13.9. The van der Waals surface area contributed by atoms with E-state index in [0.717, 1.165) is 19.5 Å². The van der Waals surface area contributed by atoms with Gasteiger partial charge in [0.05, 0.1) is 12.2 Å². The van der Waals surface area contributed by atoms with Crippen molar-refractivity contribution in [2.75, 3.05) is 26.2 Å². The predicted octanol–water partition coefficient (Wildman–Crippen LogP) is -0.359. The Balaban J connectivity index is 2.18. The van der Waals surface area contributed by atoms with E-state index in [9.17, 15) is 4.79 Å². The Morgan fingerprint density at radius 3 is 3.20 bits per heavy atom. The Labute approximate surface area is 89.8 Å². The number of nitrogens with zero attached hydrogens (tertiary/aromatic N) is 1. The van der Waals surface area contributed by atoms with Gasteiger partial charge in [-0.2, -0.15) is 5.26 Å². The normalized spacial score (nSPS) is 25.6. The van der Waals surface area contributed by atoms with Gasteiger partial charge in [0.15, 0.2) is 0 Å². The van der Waals surface area contributed by atoms with Crippen molar-refractivity contribution in [3.05, 3.63) is 0 Å². The highest BCUT2D eigenvalue weighted by Gasteiger charge is 2.22. The fourth-order valence-electron chi connectivity index (χ4n) is 1.56. The van der Waals surface area contributed by atoms with Crippen molar-refractivity contribution in [2.45, 2.75) is 19.4 Å². The van der Waals surface area contributed by atoms with Crippen LogP contribution in [0.15, 0.2) is 0 Å². The number of piperidine rings is 1. The minimum atomic E-state index is -0.227. The molecule has 0 bridgehead atoms. The summed E-state index contributed by atoms with van der Waals surface area (Å²) in [5.41, 5.74) is 0. The highest BCUT2D eigenvalue weighted by molar-refractivity contribution is 5.77. The Bertz CT molecular complexity index is 250. The zero-order valence-electron chi connectivity index (χ0n) is 8.95. The van der Waals surface area contributed by atoms with Gasteiger partial charge in [0, 0.05) is 6.54 Å². The Hall–Kier alpha value is -1.12. The molecular weight excluding hydrogens is 194 g/mol. The Morgan fingerprint density at radius 2 is 2.53 bits per heavy atom. The van der Waals surface area contributed by atoms with Crippen LogP contribution in [0.25, 0.3) is 0 Å². The molecule has 0 saturated carbocycles. The van der Waals surface area contributed by atoms with Crippen LogP contribution in [-0.2, 0) is 9.53 Å². The zero-order chi connectivity index (χ0) is 11.1. The fourth-order valence-corrected chi connectivity index (χ4v) is 1.56. The lowest BCUT2D eigenvalue weighted by Crippen LogP contribution is -2.42. The molecule has 2 N–H and O–H groups in total. The predicted molar refractivity (Wildman–Crippen MR) is 55.0 cm³/mol. The third-order valence-electron chi connectivity index (χ3n) is 2.55. The molecule has 84 valence electrons. The van der Waals surface area contributed by atoms with Crippen LogP contribution in [0.2, 0.25) is 0 Å². The monoisotopic (exact) mass is 211 g/mol. The van der Waals surface area contributed by atoms with Gasteiger partial charge in [0.2, 0.25) is 5.91 Å². The standard InChI is InChI=1S/C10H17N3O2/c1-8-2-4-12-6-9(8)15-7-10(14)13-5-3-11/h8-9,12H,2,4-7H2,1H3,(H,13,14). The molecule has 1 rings (SSSR count). The molecule has 5 heteroatoms. The summed E-state index contributed by atoms with van der Waals surface area (Å²) in [6, 6.07) is 1.85. The first-order chi connectivity index (χ1) is 7.24. The minimum absolute atomic E-state index is 0.0400. The quantitative estimate of drug-likeness (QED) is 0.623. The Kier molecular flexibility index (Phi) is 5.08. The molecule has 5 nitrogen and oxygen atoms in total. The summed E-state index contributed by atoms with van der Waals surface area (Å²) in [5.74, 6) is 0.254. The number of carbonyl (C=O) groups excluding carboxylic acids is 1. The van der Waals surface area contributed by atoms with Gasteiger partial charge in [-0.25, -0.2) is 0 Å². The molecule has 1 saturated heterocycles. The molecule has 0 spiro atoms. The second-order valence-electron chi connectivity index (χ2n) is 3.75. The Morgan fingerprint density at radius 1 is 1.73 bits per heavy atom. The van der Waals surface area contributed by atoms with Gasteiger partial charge in [-0.1, -0.05) is 6.92 Å². The lowest BCUT2D eigenvalue weighted by molar-refractivity contribution is -0.128. The van der Waals surface area contributed by atoms with Crippen molar-refractivity contribution < 1.29 is 9.53 Å². The molecule has 1 heterocycles. The molecule has 0 aliphatic carbocycles. The van der Waals surface area contributed by atoms with Crippen molar-refractivity contribution in [3.8, 4) is 6.07 Å². The van der Waals surface area contributed by atoms with Crippen molar-refractivity contribution in [1.82, 2.24) is 10.6 Å². The molecule has 0 aromatic carbocycles. The highest BCUT2D eigenvalue weighted by Crippen LogP contribution is 2.14. The van der Waals surface area contributed by atoms with Crippen LogP contribution in [0.5, 0.6) is 0 Å². The van der Waals surface area contributed by atoms with Crippen molar-refractivity contribution in [2.24, 2.45) is 5.92 Å². The first-order valence-corrected chi connectivity index (χ1v) is 5.20. The molecular formula is C10H17N3O2. The highest BCUT2D eigenvalue weighted by atomic mass is 16.5. The third-order valence-corrected chi connectivity index (χ3v) is 2.55. The second-order valence-corrected chi connectivity index (χ2v) is 3.75. The van der Waals surface area contributed by atoms with E-state index in [-0.39, 0.29) is 25.2 Å². The molecule has 1 aliphatic rings. The first kappa shape index (κ1) is 12.0. The summed E-state index contributed by atoms with van der Waals surface area (Å²) >= 11 is 0.